The molecule has 0 bridgehead atoms. The van der Waals surface area contributed by atoms with Gasteiger partial charge in [-0.15, -0.1) is 11.8 Å². The van der Waals surface area contributed by atoms with Crippen molar-refractivity contribution in [2.45, 2.75) is 18.2 Å². The first kappa shape index (κ1) is 22.1. The molecule has 3 aromatic carbocycles. The molecule has 0 saturated carbocycles. The van der Waals surface area contributed by atoms with Crippen molar-refractivity contribution in [3.05, 3.63) is 95.6 Å². The molecule has 1 N–H and O–H groups in total. The second kappa shape index (κ2) is 9.56. The van der Waals surface area contributed by atoms with Gasteiger partial charge in [0.2, 0.25) is 0 Å². The van der Waals surface area contributed by atoms with Crippen LogP contribution in [0.5, 0.6) is 5.75 Å². The van der Waals surface area contributed by atoms with E-state index in [2.05, 4.69) is 5.32 Å². The number of anilines is 1. The van der Waals surface area contributed by atoms with Crippen LogP contribution >= 0.6 is 11.8 Å². The summed E-state index contributed by atoms with van der Waals surface area (Å²) in [5, 5.41) is 2.16. The number of alkyl halides is 3. The molecule has 3 aromatic rings. The normalized spacial score (nSPS) is 16.1. The van der Waals surface area contributed by atoms with E-state index in [-0.39, 0.29) is 11.1 Å². The van der Waals surface area contributed by atoms with E-state index in [9.17, 15) is 18.0 Å². The van der Waals surface area contributed by atoms with Crippen molar-refractivity contribution in [1.29, 1.82) is 0 Å². The van der Waals surface area contributed by atoms with E-state index in [0.29, 0.717) is 24.7 Å². The number of carbonyl (C=O) groups is 1. The Balaban J connectivity index is 1.43. The summed E-state index contributed by atoms with van der Waals surface area (Å²) >= 11 is 1.57. The lowest BCUT2D eigenvalue weighted by Gasteiger charge is -2.25. The number of benzene rings is 3. The van der Waals surface area contributed by atoms with Crippen LogP contribution < -0.4 is 10.1 Å². The summed E-state index contributed by atoms with van der Waals surface area (Å²) < 4.78 is 45.5. The number of nitrogens with one attached hydrogen (secondary N) is 1. The molecule has 4 rings (SSSR count). The molecule has 0 aromatic heterocycles. The molecule has 0 aliphatic carbocycles. The van der Waals surface area contributed by atoms with Gasteiger partial charge in [-0.1, -0.05) is 54.6 Å². The maximum Gasteiger partial charge on any atom is 0.418 e. The number of nitrogens with zero attached hydrogens (tertiary/aromatic N) is 1. The molecule has 166 valence electrons. The van der Waals surface area contributed by atoms with Crippen LogP contribution in [0.25, 0.3) is 0 Å². The lowest BCUT2D eigenvalue weighted by atomic mass is 10.1. The van der Waals surface area contributed by atoms with Gasteiger partial charge in [0.1, 0.15) is 17.7 Å². The molecule has 32 heavy (non-hydrogen) atoms. The van der Waals surface area contributed by atoms with Crippen molar-refractivity contribution < 1.29 is 22.7 Å². The molecule has 1 aliphatic rings. The molecule has 4 nitrogen and oxygen atoms in total. The minimum atomic E-state index is -4.54. The predicted molar refractivity (Wildman–Crippen MR) is 120 cm³/mol. The molecule has 1 fully saturated rings. The Morgan fingerprint density at radius 3 is 2.41 bits per heavy atom. The Hall–Kier alpha value is -3.13. The van der Waals surface area contributed by atoms with E-state index < -0.39 is 17.8 Å². The quantitative estimate of drug-likeness (QED) is 0.471. The maximum absolute atomic E-state index is 13.2. The number of ether oxygens (including phenoxy) is 1. The highest BCUT2D eigenvalue weighted by atomic mass is 32.2. The lowest BCUT2D eigenvalue weighted by molar-refractivity contribution is -0.136. The molecule has 1 unspecified atom stereocenters. The Morgan fingerprint density at radius 1 is 1.00 bits per heavy atom. The first-order valence-corrected chi connectivity index (χ1v) is 11.1. The number of hydrogen-bond donors (Lipinski definition) is 1. The topological polar surface area (TPSA) is 41.6 Å². The van der Waals surface area contributed by atoms with Gasteiger partial charge < -0.3 is 15.0 Å². The minimum Gasteiger partial charge on any atom is -0.489 e. The average Bonchev–Trinajstić information content (AvgIpc) is 3.29. The van der Waals surface area contributed by atoms with Crippen LogP contribution in [0, 0.1) is 0 Å². The molecule has 8 heteroatoms. The summed E-state index contributed by atoms with van der Waals surface area (Å²) in [5.41, 5.74) is 0.839. The fourth-order valence-electron chi connectivity index (χ4n) is 3.45. The van der Waals surface area contributed by atoms with Crippen molar-refractivity contribution >= 4 is 23.5 Å². The molecule has 1 saturated heterocycles. The molecule has 1 aliphatic heterocycles. The van der Waals surface area contributed by atoms with Crippen LogP contribution in [0.15, 0.2) is 78.9 Å². The Kier molecular flexibility index (Phi) is 6.60. The number of urea groups is 1. The molecule has 1 atom stereocenters. The van der Waals surface area contributed by atoms with Crippen molar-refractivity contribution in [2.75, 3.05) is 17.6 Å². The second-order valence-corrected chi connectivity index (χ2v) is 8.42. The third kappa shape index (κ3) is 5.19. The van der Waals surface area contributed by atoms with Crippen molar-refractivity contribution in [2.24, 2.45) is 0 Å². The lowest BCUT2D eigenvalue weighted by Crippen LogP contribution is -2.34. The molecular weight excluding hydrogens is 437 g/mol. The number of amides is 2. The van der Waals surface area contributed by atoms with E-state index in [1.165, 1.54) is 18.2 Å². The van der Waals surface area contributed by atoms with E-state index in [4.69, 9.17) is 4.74 Å². The van der Waals surface area contributed by atoms with Crippen LogP contribution in [0.2, 0.25) is 0 Å². The second-order valence-electron chi connectivity index (χ2n) is 7.23. The summed E-state index contributed by atoms with van der Waals surface area (Å²) in [6, 6.07) is 21.7. The van der Waals surface area contributed by atoms with Crippen molar-refractivity contribution in [3.63, 3.8) is 0 Å². The van der Waals surface area contributed by atoms with Gasteiger partial charge in [-0.3, -0.25) is 0 Å². The van der Waals surface area contributed by atoms with Gasteiger partial charge in [-0.25, -0.2) is 4.79 Å². The number of rotatable bonds is 5. The van der Waals surface area contributed by atoms with Gasteiger partial charge in [-0.2, -0.15) is 13.2 Å². The fraction of sp³-hybridized carbons (Fsp3) is 0.208. The highest BCUT2D eigenvalue weighted by Crippen LogP contribution is 2.40. The van der Waals surface area contributed by atoms with Gasteiger partial charge in [0.05, 0.1) is 11.3 Å². The van der Waals surface area contributed by atoms with Crippen molar-refractivity contribution in [1.82, 2.24) is 4.90 Å². The summed E-state index contributed by atoms with van der Waals surface area (Å²) in [4.78, 5) is 14.4. The predicted octanol–water partition coefficient (Wildman–Crippen LogP) is 6.56. The van der Waals surface area contributed by atoms with E-state index >= 15 is 0 Å². The fourth-order valence-corrected chi connectivity index (χ4v) is 4.71. The smallest absolute Gasteiger partial charge is 0.418 e. The maximum atomic E-state index is 13.2. The summed E-state index contributed by atoms with van der Waals surface area (Å²) in [5.74, 6) is 1.40. The third-order valence-electron chi connectivity index (χ3n) is 5.04. The van der Waals surface area contributed by atoms with Gasteiger partial charge in [0, 0.05) is 12.3 Å². The largest absolute Gasteiger partial charge is 0.489 e. The minimum absolute atomic E-state index is 0.245. The number of thioether (sulfide) groups is 1. The van der Waals surface area contributed by atoms with E-state index in [1.54, 1.807) is 16.7 Å². The Bertz CT molecular complexity index is 1060. The average molecular weight is 459 g/mol. The molecule has 2 amide bonds. The zero-order chi connectivity index (χ0) is 22.6. The van der Waals surface area contributed by atoms with Crippen LogP contribution in [0.4, 0.5) is 23.7 Å². The van der Waals surface area contributed by atoms with Crippen LogP contribution in [-0.4, -0.2) is 23.2 Å². The first-order valence-electron chi connectivity index (χ1n) is 10.0. The zero-order valence-electron chi connectivity index (χ0n) is 17.0. The zero-order valence-corrected chi connectivity index (χ0v) is 17.8. The van der Waals surface area contributed by atoms with Crippen LogP contribution in [-0.2, 0) is 12.8 Å². The van der Waals surface area contributed by atoms with Crippen molar-refractivity contribution in [3.8, 4) is 5.75 Å². The first-order chi connectivity index (χ1) is 15.4. The number of para-hydroxylation sites is 1. The third-order valence-corrected chi connectivity index (χ3v) is 6.30. The molecule has 0 spiro atoms. The number of halogens is 3. The summed E-state index contributed by atoms with van der Waals surface area (Å²) in [6.45, 7) is 0.896. The van der Waals surface area contributed by atoms with Gasteiger partial charge in [0.15, 0.2) is 0 Å². The molecule has 0 radical (unpaired) electrons. The Labute approximate surface area is 188 Å². The highest BCUT2D eigenvalue weighted by Gasteiger charge is 2.35. The number of carbonyl (C=O) groups excluding carboxylic acids is 1. The Morgan fingerprint density at radius 2 is 1.69 bits per heavy atom. The molecule has 1 heterocycles. The number of hydrogen-bond acceptors (Lipinski definition) is 3. The standard InChI is InChI=1S/C24H21F3N2O2S/c25-24(26,27)20-8-4-5-9-21(20)28-23(30)29-14-15-32-22(29)18-10-12-19(13-11-18)31-16-17-6-2-1-3-7-17/h1-13,22H,14-16H2,(H,28,30). The highest BCUT2D eigenvalue weighted by molar-refractivity contribution is 7.99. The SMILES string of the molecule is O=C(Nc1ccccc1C(F)(F)F)N1CCSC1c1ccc(OCc2ccccc2)cc1. The summed E-state index contributed by atoms with van der Waals surface area (Å²) in [6.07, 6.45) is -4.54. The van der Waals surface area contributed by atoms with E-state index in [1.807, 2.05) is 54.6 Å². The molecular formula is C24H21F3N2O2S. The van der Waals surface area contributed by atoms with Gasteiger partial charge >= 0.3 is 12.2 Å². The van der Waals surface area contributed by atoms with Crippen LogP contribution in [0.3, 0.4) is 0 Å². The monoisotopic (exact) mass is 458 g/mol. The van der Waals surface area contributed by atoms with E-state index in [0.717, 1.165) is 17.2 Å². The summed E-state index contributed by atoms with van der Waals surface area (Å²) in [7, 11) is 0. The van der Waals surface area contributed by atoms with Gasteiger partial charge in [0.25, 0.3) is 0 Å². The van der Waals surface area contributed by atoms with Crippen LogP contribution in [0.1, 0.15) is 22.1 Å². The van der Waals surface area contributed by atoms with Gasteiger partial charge in [-0.05, 0) is 35.4 Å².